The van der Waals surface area contributed by atoms with Gasteiger partial charge in [0, 0.05) is 10.2 Å². The van der Waals surface area contributed by atoms with Crippen LogP contribution in [0.25, 0.3) is 0 Å². The van der Waals surface area contributed by atoms with Gasteiger partial charge in [0.1, 0.15) is 5.15 Å². The number of amides is 1. The third-order valence-corrected chi connectivity index (χ3v) is 3.60. The molecule has 0 aliphatic carbocycles. The number of halogens is 3. The predicted molar refractivity (Wildman–Crippen MR) is 85.5 cm³/mol. The Morgan fingerprint density at radius 2 is 2.05 bits per heavy atom. The predicted octanol–water partition coefficient (Wildman–Crippen LogP) is 4.29. The summed E-state index contributed by atoms with van der Waals surface area (Å²) in [5, 5.41) is 3.10. The number of aryl methyl sites for hydroxylation is 1. The zero-order valence-electron chi connectivity index (χ0n) is 10.4. The second kappa shape index (κ2) is 5.99. The van der Waals surface area contributed by atoms with E-state index in [-0.39, 0.29) is 16.2 Å². The van der Waals surface area contributed by atoms with Crippen LogP contribution >= 0.6 is 39.1 Å². The minimum absolute atomic E-state index is 0.138. The molecule has 1 aromatic heterocycles. The van der Waals surface area contributed by atoms with E-state index in [1.165, 1.54) is 0 Å². The average molecular weight is 375 g/mol. The van der Waals surface area contributed by atoms with Gasteiger partial charge in [-0.15, -0.1) is 0 Å². The SMILES string of the molecule is Cc1cc(Cl)nc(Cl)c1NC(=O)c1ccc(Br)cc1N. The van der Waals surface area contributed by atoms with Crippen molar-refractivity contribution in [2.75, 3.05) is 11.1 Å². The lowest BCUT2D eigenvalue weighted by atomic mass is 10.1. The maximum absolute atomic E-state index is 12.2. The van der Waals surface area contributed by atoms with E-state index in [0.717, 1.165) is 10.0 Å². The fraction of sp³-hybridized carbons (Fsp3) is 0.0769. The maximum atomic E-state index is 12.2. The molecule has 0 radical (unpaired) electrons. The van der Waals surface area contributed by atoms with Gasteiger partial charge in [0.25, 0.3) is 5.91 Å². The summed E-state index contributed by atoms with van der Waals surface area (Å²) in [6.45, 7) is 1.78. The van der Waals surface area contributed by atoms with E-state index in [4.69, 9.17) is 28.9 Å². The molecule has 0 aliphatic rings. The van der Waals surface area contributed by atoms with E-state index >= 15 is 0 Å². The number of nitrogens with one attached hydrogen (secondary N) is 1. The number of rotatable bonds is 2. The number of benzene rings is 1. The molecule has 1 heterocycles. The van der Waals surface area contributed by atoms with Crippen LogP contribution in [0.4, 0.5) is 11.4 Å². The highest BCUT2D eigenvalue weighted by molar-refractivity contribution is 9.10. The number of anilines is 2. The molecule has 0 aliphatic heterocycles. The van der Waals surface area contributed by atoms with Crippen LogP contribution < -0.4 is 11.1 Å². The fourth-order valence-electron chi connectivity index (χ4n) is 1.67. The molecule has 2 aromatic rings. The largest absolute Gasteiger partial charge is 0.398 e. The number of hydrogen-bond acceptors (Lipinski definition) is 3. The lowest BCUT2D eigenvalue weighted by Gasteiger charge is -2.11. The van der Waals surface area contributed by atoms with Gasteiger partial charge in [-0.05, 0) is 36.8 Å². The highest BCUT2D eigenvalue weighted by Gasteiger charge is 2.14. The third kappa shape index (κ3) is 3.23. The molecule has 0 bridgehead atoms. The number of aromatic nitrogens is 1. The normalized spacial score (nSPS) is 10.4. The first-order valence-electron chi connectivity index (χ1n) is 5.57. The second-order valence-corrected chi connectivity index (χ2v) is 5.77. The van der Waals surface area contributed by atoms with Crippen LogP contribution in [0.15, 0.2) is 28.7 Å². The summed E-state index contributed by atoms with van der Waals surface area (Å²) >= 11 is 15.1. The smallest absolute Gasteiger partial charge is 0.257 e. The van der Waals surface area contributed by atoms with Gasteiger partial charge in [-0.1, -0.05) is 39.1 Å². The molecule has 2 rings (SSSR count). The van der Waals surface area contributed by atoms with Crippen molar-refractivity contribution in [1.82, 2.24) is 4.98 Å². The summed E-state index contributed by atoms with van der Waals surface area (Å²) in [6.07, 6.45) is 0. The number of carbonyl (C=O) groups is 1. The minimum atomic E-state index is -0.357. The standard InChI is InChI=1S/C13H10BrCl2N3O/c1-6-4-10(15)18-12(16)11(6)19-13(20)8-3-2-7(14)5-9(8)17/h2-5H,17H2,1H3,(H,19,20). The molecule has 4 nitrogen and oxygen atoms in total. The zero-order chi connectivity index (χ0) is 14.9. The number of nitrogens with two attached hydrogens (primary N) is 1. The number of nitrogen functional groups attached to an aromatic ring is 1. The molecule has 0 unspecified atom stereocenters. The van der Waals surface area contributed by atoms with Crippen molar-refractivity contribution >= 4 is 56.4 Å². The summed E-state index contributed by atoms with van der Waals surface area (Å²) < 4.78 is 0.800. The van der Waals surface area contributed by atoms with E-state index in [1.807, 2.05) is 0 Å². The van der Waals surface area contributed by atoms with Gasteiger partial charge in [0.05, 0.1) is 11.3 Å². The molecule has 0 spiro atoms. The molecule has 3 N–H and O–H groups in total. The molecule has 7 heteroatoms. The van der Waals surface area contributed by atoms with Crippen molar-refractivity contribution in [1.29, 1.82) is 0 Å². The monoisotopic (exact) mass is 373 g/mol. The Bertz CT molecular complexity index is 668. The van der Waals surface area contributed by atoms with Gasteiger partial charge in [0.2, 0.25) is 0 Å². The van der Waals surface area contributed by atoms with Crippen molar-refractivity contribution in [2.45, 2.75) is 6.92 Å². The summed E-state index contributed by atoms with van der Waals surface area (Å²) in [5.41, 5.74) is 7.68. The molecule has 0 fully saturated rings. The van der Waals surface area contributed by atoms with Crippen molar-refractivity contribution in [3.8, 4) is 0 Å². The minimum Gasteiger partial charge on any atom is -0.398 e. The molecule has 1 amide bonds. The molecule has 0 saturated carbocycles. The Kier molecular flexibility index (Phi) is 4.52. The lowest BCUT2D eigenvalue weighted by Crippen LogP contribution is -2.15. The summed E-state index contributed by atoms with van der Waals surface area (Å²) in [4.78, 5) is 16.1. The highest BCUT2D eigenvalue weighted by atomic mass is 79.9. The molecule has 0 saturated heterocycles. The van der Waals surface area contributed by atoms with Gasteiger partial charge >= 0.3 is 0 Å². The van der Waals surface area contributed by atoms with Crippen molar-refractivity contribution in [3.05, 3.63) is 50.2 Å². The average Bonchev–Trinajstić information content (AvgIpc) is 2.33. The van der Waals surface area contributed by atoms with Gasteiger partial charge in [-0.3, -0.25) is 4.79 Å². The molecule has 104 valence electrons. The van der Waals surface area contributed by atoms with Gasteiger partial charge in [0.15, 0.2) is 5.15 Å². The van der Waals surface area contributed by atoms with E-state index in [9.17, 15) is 4.79 Å². The van der Waals surface area contributed by atoms with E-state index in [0.29, 0.717) is 16.9 Å². The fourth-order valence-corrected chi connectivity index (χ4v) is 2.62. The van der Waals surface area contributed by atoms with Crippen LogP contribution in [0, 0.1) is 6.92 Å². The Morgan fingerprint density at radius 3 is 2.65 bits per heavy atom. The van der Waals surface area contributed by atoms with Crippen molar-refractivity contribution < 1.29 is 4.79 Å². The van der Waals surface area contributed by atoms with Crippen molar-refractivity contribution in [2.24, 2.45) is 0 Å². The summed E-state index contributed by atoms with van der Waals surface area (Å²) in [5.74, 6) is -0.357. The summed E-state index contributed by atoms with van der Waals surface area (Å²) in [7, 11) is 0. The van der Waals surface area contributed by atoms with Crippen LogP contribution in [0.5, 0.6) is 0 Å². The van der Waals surface area contributed by atoms with Crippen LogP contribution in [0.2, 0.25) is 10.3 Å². The number of carbonyl (C=O) groups excluding carboxylic acids is 1. The van der Waals surface area contributed by atoms with Crippen LogP contribution in [-0.2, 0) is 0 Å². The quantitative estimate of drug-likeness (QED) is 0.608. The van der Waals surface area contributed by atoms with Crippen LogP contribution in [0.1, 0.15) is 15.9 Å². The first-order chi connectivity index (χ1) is 9.38. The zero-order valence-corrected chi connectivity index (χ0v) is 13.5. The number of nitrogens with zero attached hydrogens (tertiary/aromatic N) is 1. The number of pyridine rings is 1. The van der Waals surface area contributed by atoms with Crippen LogP contribution in [-0.4, -0.2) is 10.9 Å². The molecular weight excluding hydrogens is 365 g/mol. The topological polar surface area (TPSA) is 68.0 Å². The Hall–Kier alpha value is -1.30. The first-order valence-corrected chi connectivity index (χ1v) is 7.12. The van der Waals surface area contributed by atoms with E-state index in [2.05, 4.69) is 26.2 Å². The molecule has 0 atom stereocenters. The summed E-state index contributed by atoms with van der Waals surface area (Å²) in [6, 6.07) is 6.64. The molecule has 20 heavy (non-hydrogen) atoms. The Labute approximate surface area is 134 Å². The number of hydrogen-bond donors (Lipinski definition) is 2. The lowest BCUT2D eigenvalue weighted by molar-refractivity contribution is 0.102. The second-order valence-electron chi connectivity index (χ2n) is 4.11. The van der Waals surface area contributed by atoms with Gasteiger partial charge in [-0.2, -0.15) is 0 Å². The first kappa shape index (κ1) is 15.1. The van der Waals surface area contributed by atoms with Gasteiger partial charge in [-0.25, -0.2) is 4.98 Å². The molecular formula is C13H10BrCl2N3O. The maximum Gasteiger partial charge on any atom is 0.257 e. The van der Waals surface area contributed by atoms with Crippen LogP contribution in [0.3, 0.4) is 0 Å². The van der Waals surface area contributed by atoms with E-state index in [1.54, 1.807) is 31.2 Å². The molecule has 1 aromatic carbocycles. The third-order valence-electron chi connectivity index (χ3n) is 2.64. The van der Waals surface area contributed by atoms with Crippen molar-refractivity contribution in [3.63, 3.8) is 0 Å². The highest BCUT2D eigenvalue weighted by Crippen LogP contribution is 2.27. The van der Waals surface area contributed by atoms with Gasteiger partial charge < -0.3 is 11.1 Å². The Balaban J connectivity index is 2.33. The Morgan fingerprint density at radius 1 is 1.35 bits per heavy atom. The van der Waals surface area contributed by atoms with E-state index < -0.39 is 0 Å².